The Morgan fingerprint density at radius 3 is 1.30 bits per heavy atom. The SMILES string of the molecule is CCCCN(CCC)CCCCCc1cccc2cc3cccc(CCCCCN(CCC)CCCC)c3cc12. The maximum Gasteiger partial charge on any atom is -0.00187 e. The van der Waals surface area contributed by atoms with Gasteiger partial charge in [0.1, 0.15) is 0 Å². The molecule has 2 nitrogen and oxygen atoms in total. The first-order valence-electron chi connectivity index (χ1n) is 17.1. The molecule has 0 aliphatic carbocycles. The first-order valence-corrected chi connectivity index (χ1v) is 17.1. The second kappa shape index (κ2) is 19.3. The molecule has 0 saturated heterocycles. The van der Waals surface area contributed by atoms with Crippen molar-refractivity contribution in [2.45, 2.75) is 118 Å². The largest absolute Gasteiger partial charge is 0.303 e. The van der Waals surface area contributed by atoms with Gasteiger partial charge in [-0.15, -0.1) is 0 Å². The number of hydrogen-bond donors (Lipinski definition) is 0. The molecular formula is C38H60N2. The summed E-state index contributed by atoms with van der Waals surface area (Å²) in [6.45, 7) is 16.8. The average molecular weight is 545 g/mol. The third-order valence-corrected chi connectivity index (χ3v) is 8.64. The Morgan fingerprint density at radius 2 is 0.875 bits per heavy atom. The Labute approximate surface area is 247 Å². The maximum atomic E-state index is 2.68. The van der Waals surface area contributed by atoms with Gasteiger partial charge in [-0.05, 0) is 148 Å². The summed E-state index contributed by atoms with van der Waals surface area (Å²) in [6.07, 6.45) is 18.1. The standard InChI is InChI=1S/C38H60N2/c1-5-9-27-39(25-7-3)29-15-11-13-19-33-21-17-23-35-31-36-24-18-22-34(38(36)32-37(33)35)20-14-12-16-30-40(26-8-4)28-10-6-2/h17-18,21-24,31-32H,5-16,19-20,25-30H2,1-4H3. The molecule has 0 unspecified atom stereocenters. The third kappa shape index (κ3) is 10.8. The van der Waals surface area contributed by atoms with Crippen LogP contribution >= 0.6 is 0 Å². The van der Waals surface area contributed by atoms with Gasteiger partial charge in [-0.25, -0.2) is 0 Å². The number of unbranched alkanes of at least 4 members (excludes halogenated alkanes) is 6. The molecule has 3 aromatic carbocycles. The monoisotopic (exact) mass is 544 g/mol. The summed E-state index contributed by atoms with van der Waals surface area (Å²) in [7, 11) is 0. The van der Waals surface area contributed by atoms with Gasteiger partial charge in [-0.2, -0.15) is 0 Å². The fraction of sp³-hybridized carbons (Fsp3) is 0.632. The van der Waals surface area contributed by atoms with E-state index in [0.29, 0.717) is 0 Å². The van der Waals surface area contributed by atoms with Gasteiger partial charge < -0.3 is 9.80 Å². The molecule has 0 radical (unpaired) electrons. The lowest BCUT2D eigenvalue weighted by atomic mass is 9.93. The van der Waals surface area contributed by atoms with Crippen molar-refractivity contribution in [3.8, 4) is 0 Å². The Bertz CT molecular complexity index is 1000. The minimum atomic E-state index is 1.19. The Hall–Kier alpha value is -1.90. The van der Waals surface area contributed by atoms with E-state index in [4.69, 9.17) is 0 Å². The normalized spacial score (nSPS) is 11.9. The second-order valence-corrected chi connectivity index (χ2v) is 12.1. The fourth-order valence-electron chi connectivity index (χ4n) is 6.34. The van der Waals surface area contributed by atoms with Crippen molar-refractivity contribution in [1.29, 1.82) is 0 Å². The summed E-state index contributed by atoms with van der Waals surface area (Å²) >= 11 is 0. The molecule has 0 atom stereocenters. The van der Waals surface area contributed by atoms with Crippen LogP contribution in [0.1, 0.15) is 116 Å². The lowest BCUT2D eigenvalue weighted by Gasteiger charge is -2.21. The zero-order valence-corrected chi connectivity index (χ0v) is 26.7. The van der Waals surface area contributed by atoms with Crippen LogP contribution in [0, 0.1) is 0 Å². The molecule has 222 valence electrons. The van der Waals surface area contributed by atoms with Crippen LogP contribution < -0.4 is 0 Å². The fourth-order valence-corrected chi connectivity index (χ4v) is 6.34. The molecule has 0 amide bonds. The van der Waals surface area contributed by atoms with Crippen molar-refractivity contribution in [2.24, 2.45) is 0 Å². The molecule has 0 spiro atoms. The number of rotatable bonds is 22. The highest BCUT2D eigenvalue weighted by Crippen LogP contribution is 2.29. The number of aryl methyl sites for hydroxylation is 2. The van der Waals surface area contributed by atoms with Crippen LogP contribution in [0.2, 0.25) is 0 Å². The quantitative estimate of drug-likeness (QED) is 0.0916. The molecule has 0 N–H and O–H groups in total. The van der Waals surface area contributed by atoms with E-state index in [1.54, 1.807) is 0 Å². The van der Waals surface area contributed by atoms with E-state index in [-0.39, 0.29) is 0 Å². The third-order valence-electron chi connectivity index (χ3n) is 8.64. The first-order chi connectivity index (χ1) is 19.7. The average Bonchev–Trinajstić information content (AvgIpc) is 2.97. The first kappa shape index (κ1) is 32.6. The molecule has 0 heterocycles. The van der Waals surface area contributed by atoms with E-state index in [9.17, 15) is 0 Å². The molecule has 0 aliphatic heterocycles. The van der Waals surface area contributed by atoms with E-state index in [2.05, 4.69) is 86.0 Å². The molecule has 0 fully saturated rings. The van der Waals surface area contributed by atoms with Gasteiger partial charge in [0.15, 0.2) is 0 Å². The molecule has 3 aromatic rings. The molecule has 2 heteroatoms. The Morgan fingerprint density at radius 1 is 0.425 bits per heavy atom. The zero-order valence-electron chi connectivity index (χ0n) is 26.7. The topological polar surface area (TPSA) is 6.48 Å². The number of fused-ring (bicyclic) bond motifs is 2. The van der Waals surface area contributed by atoms with E-state index >= 15 is 0 Å². The minimum absolute atomic E-state index is 1.19. The van der Waals surface area contributed by atoms with Gasteiger partial charge in [0.05, 0.1) is 0 Å². The van der Waals surface area contributed by atoms with E-state index < -0.39 is 0 Å². The van der Waals surface area contributed by atoms with E-state index in [0.717, 1.165) is 0 Å². The van der Waals surface area contributed by atoms with Crippen LogP contribution in [-0.4, -0.2) is 49.1 Å². The van der Waals surface area contributed by atoms with Crippen LogP contribution in [-0.2, 0) is 12.8 Å². The summed E-state index contributed by atoms with van der Waals surface area (Å²) in [6, 6.07) is 18.9. The zero-order chi connectivity index (χ0) is 28.4. The summed E-state index contributed by atoms with van der Waals surface area (Å²) in [5.74, 6) is 0. The highest BCUT2D eigenvalue weighted by atomic mass is 15.1. The van der Waals surface area contributed by atoms with Crippen molar-refractivity contribution >= 4 is 21.5 Å². The maximum absolute atomic E-state index is 2.68. The van der Waals surface area contributed by atoms with Crippen LogP contribution in [0.5, 0.6) is 0 Å². The predicted octanol–water partition coefficient (Wildman–Crippen LogP) is 10.4. The van der Waals surface area contributed by atoms with Gasteiger partial charge in [-0.3, -0.25) is 0 Å². The highest BCUT2D eigenvalue weighted by Gasteiger charge is 2.08. The summed E-state index contributed by atoms with van der Waals surface area (Å²) < 4.78 is 0. The summed E-state index contributed by atoms with van der Waals surface area (Å²) in [5, 5.41) is 5.76. The number of nitrogens with zero attached hydrogens (tertiary/aromatic N) is 2. The van der Waals surface area contributed by atoms with Crippen molar-refractivity contribution in [1.82, 2.24) is 9.80 Å². The molecule has 40 heavy (non-hydrogen) atoms. The summed E-state index contributed by atoms with van der Waals surface area (Å²) in [5.41, 5.74) is 3.07. The van der Waals surface area contributed by atoms with Crippen LogP contribution in [0.3, 0.4) is 0 Å². The van der Waals surface area contributed by atoms with Crippen molar-refractivity contribution in [2.75, 3.05) is 39.3 Å². The van der Waals surface area contributed by atoms with E-state index in [1.165, 1.54) is 162 Å². The highest BCUT2D eigenvalue weighted by molar-refractivity contribution is 6.01. The molecule has 0 aliphatic rings. The molecule has 0 saturated carbocycles. The second-order valence-electron chi connectivity index (χ2n) is 12.1. The van der Waals surface area contributed by atoms with Gasteiger partial charge in [0, 0.05) is 0 Å². The van der Waals surface area contributed by atoms with Gasteiger partial charge in [0.2, 0.25) is 0 Å². The van der Waals surface area contributed by atoms with Crippen molar-refractivity contribution in [3.05, 3.63) is 59.7 Å². The lowest BCUT2D eigenvalue weighted by molar-refractivity contribution is 0.263. The minimum Gasteiger partial charge on any atom is -0.303 e. The summed E-state index contributed by atoms with van der Waals surface area (Å²) in [4.78, 5) is 5.37. The molecule has 0 aromatic heterocycles. The van der Waals surface area contributed by atoms with Crippen molar-refractivity contribution in [3.63, 3.8) is 0 Å². The predicted molar refractivity (Wildman–Crippen MR) is 180 cm³/mol. The van der Waals surface area contributed by atoms with Gasteiger partial charge >= 0.3 is 0 Å². The van der Waals surface area contributed by atoms with Crippen LogP contribution in [0.25, 0.3) is 21.5 Å². The van der Waals surface area contributed by atoms with Gasteiger partial charge in [0.25, 0.3) is 0 Å². The molecule has 0 bridgehead atoms. The Kier molecular flexibility index (Phi) is 15.7. The lowest BCUT2D eigenvalue weighted by Crippen LogP contribution is -2.26. The number of benzene rings is 3. The van der Waals surface area contributed by atoms with Crippen LogP contribution in [0.15, 0.2) is 48.5 Å². The van der Waals surface area contributed by atoms with Crippen molar-refractivity contribution < 1.29 is 0 Å². The molecular weight excluding hydrogens is 484 g/mol. The molecule has 3 rings (SSSR count). The van der Waals surface area contributed by atoms with Gasteiger partial charge in [-0.1, -0.05) is 89.8 Å². The van der Waals surface area contributed by atoms with E-state index in [1.807, 2.05) is 0 Å². The number of hydrogen-bond acceptors (Lipinski definition) is 2. The van der Waals surface area contributed by atoms with Crippen LogP contribution in [0.4, 0.5) is 0 Å². The Balaban J connectivity index is 1.57. The smallest absolute Gasteiger partial charge is 0.00187 e.